The fourth-order valence-corrected chi connectivity index (χ4v) is 4.16. The van der Waals surface area contributed by atoms with Gasteiger partial charge in [0.2, 0.25) is 11.8 Å². The minimum Gasteiger partial charge on any atom is -0.342 e. The van der Waals surface area contributed by atoms with Crippen LogP contribution in [0.2, 0.25) is 0 Å². The Morgan fingerprint density at radius 3 is 2.70 bits per heavy atom. The molecule has 142 valence electrons. The second-order valence-electron chi connectivity index (χ2n) is 7.12. The van der Waals surface area contributed by atoms with Gasteiger partial charge in [0.1, 0.15) is 5.82 Å². The summed E-state index contributed by atoms with van der Waals surface area (Å²) in [6, 6.07) is 7.49. The van der Waals surface area contributed by atoms with Gasteiger partial charge in [0.15, 0.2) is 0 Å². The molecule has 0 spiro atoms. The number of para-hydroxylation sites is 1. The molecule has 3 heterocycles. The van der Waals surface area contributed by atoms with Gasteiger partial charge in [0, 0.05) is 37.7 Å². The van der Waals surface area contributed by atoms with Crippen molar-refractivity contribution in [3.8, 4) is 0 Å². The van der Waals surface area contributed by atoms with Crippen molar-refractivity contribution in [2.24, 2.45) is 0 Å². The molecule has 1 aromatic carbocycles. The van der Waals surface area contributed by atoms with E-state index in [0.717, 1.165) is 29.9 Å². The highest BCUT2D eigenvalue weighted by molar-refractivity contribution is 6.01. The lowest BCUT2D eigenvalue weighted by molar-refractivity contribution is -0.136. The molecule has 2 amide bonds. The first-order valence-electron chi connectivity index (χ1n) is 9.41. The van der Waals surface area contributed by atoms with E-state index in [1.54, 1.807) is 4.57 Å². The van der Waals surface area contributed by atoms with Crippen molar-refractivity contribution in [1.82, 2.24) is 19.7 Å². The predicted molar refractivity (Wildman–Crippen MR) is 99.5 cm³/mol. The lowest BCUT2D eigenvalue weighted by Crippen LogP contribution is -2.43. The lowest BCUT2D eigenvalue weighted by atomic mass is 9.88. The van der Waals surface area contributed by atoms with E-state index in [2.05, 4.69) is 15.5 Å². The highest BCUT2D eigenvalue weighted by Crippen LogP contribution is 2.35. The number of anilines is 1. The first-order valence-corrected chi connectivity index (χ1v) is 9.41. The molecule has 1 aromatic heterocycles. The number of fused-ring (bicyclic) bond motifs is 1. The Kier molecular flexibility index (Phi) is 4.55. The van der Waals surface area contributed by atoms with Crippen LogP contribution in [0.15, 0.2) is 29.1 Å². The number of hydrogen-bond acceptors (Lipinski definition) is 4. The molecule has 4 rings (SSSR count). The Hall–Kier alpha value is -2.90. The molecule has 0 aliphatic carbocycles. The summed E-state index contributed by atoms with van der Waals surface area (Å²) in [5, 5.41) is 9.54. The van der Waals surface area contributed by atoms with Crippen LogP contribution in [-0.4, -0.2) is 44.6 Å². The molecule has 2 aromatic rings. The van der Waals surface area contributed by atoms with E-state index in [4.69, 9.17) is 0 Å². The van der Waals surface area contributed by atoms with Gasteiger partial charge in [-0.25, -0.2) is 9.89 Å². The summed E-state index contributed by atoms with van der Waals surface area (Å²) in [6.45, 7) is 3.71. The predicted octanol–water partition coefficient (Wildman–Crippen LogP) is 1.42. The lowest BCUT2D eigenvalue weighted by Gasteiger charge is -2.35. The van der Waals surface area contributed by atoms with Crippen LogP contribution in [-0.2, 0) is 16.1 Å². The normalized spacial score (nSPS) is 20.3. The van der Waals surface area contributed by atoms with Crippen molar-refractivity contribution in [3.05, 3.63) is 46.1 Å². The number of hydrogen-bond donors (Lipinski definition) is 2. The van der Waals surface area contributed by atoms with Crippen LogP contribution < -0.4 is 11.0 Å². The highest BCUT2D eigenvalue weighted by atomic mass is 16.2. The number of aromatic amines is 1. The average Bonchev–Trinajstić information content (AvgIpc) is 3.07. The summed E-state index contributed by atoms with van der Waals surface area (Å²) in [5.74, 6) is 0.397. The average molecular weight is 369 g/mol. The molecule has 1 atom stereocenters. The number of likely N-dealkylation sites (tertiary alicyclic amines) is 1. The Morgan fingerprint density at radius 2 is 1.96 bits per heavy atom. The zero-order valence-corrected chi connectivity index (χ0v) is 15.3. The molecule has 1 unspecified atom stereocenters. The molecule has 0 bridgehead atoms. The second kappa shape index (κ2) is 7.02. The first-order chi connectivity index (χ1) is 13.1. The molecule has 1 fully saturated rings. The van der Waals surface area contributed by atoms with Gasteiger partial charge < -0.3 is 10.2 Å². The summed E-state index contributed by atoms with van der Waals surface area (Å²) in [5.41, 5.74) is 1.43. The monoisotopic (exact) mass is 369 g/mol. The Morgan fingerprint density at radius 1 is 1.22 bits per heavy atom. The third-order valence-electron chi connectivity index (χ3n) is 5.57. The van der Waals surface area contributed by atoms with Crippen LogP contribution in [0.4, 0.5) is 5.69 Å². The molecule has 2 N–H and O–H groups in total. The van der Waals surface area contributed by atoms with Gasteiger partial charge in [0.25, 0.3) is 0 Å². The van der Waals surface area contributed by atoms with E-state index in [-0.39, 0.29) is 29.8 Å². The summed E-state index contributed by atoms with van der Waals surface area (Å²) in [7, 11) is 0. The number of benzene rings is 1. The van der Waals surface area contributed by atoms with Crippen LogP contribution in [0.3, 0.4) is 0 Å². The third kappa shape index (κ3) is 3.15. The van der Waals surface area contributed by atoms with Crippen LogP contribution in [0.25, 0.3) is 0 Å². The number of amides is 2. The second-order valence-corrected chi connectivity index (χ2v) is 7.12. The van der Waals surface area contributed by atoms with Crippen LogP contribution in [0, 0.1) is 0 Å². The van der Waals surface area contributed by atoms with Crippen molar-refractivity contribution in [1.29, 1.82) is 0 Å². The summed E-state index contributed by atoms with van der Waals surface area (Å²) >= 11 is 0. The molecule has 1 saturated heterocycles. The highest BCUT2D eigenvalue weighted by Gasteiger charge is 2.35. The van der Waals surface area contributed by atoms with E-state index in [9.17, 15) is 14.4 Å². The SMILES string of the molecule is CCn1c(C2CCN(C(=O)C3CC(=O)Nc4ccccc43)CC2)n[nH]c1=O. The summed E-state index contributed by atoms with van der Waals surface area (Å²) in [4.78, 5) is 38.7. The Balaban J connectivity index is 1.48. The number of carbonyl (C=O) groups is 2. The van der Waals surface area contributed by atoms with Crippen molar-refractivity contribution >= 4 is 17.5 Å². The fraction of sp³-hybridized carbons (Fsp3) is 0.474. The molecule has 8 heteroatoms. The summed E-state index contributed by atoms with van der Waals surface area (Å²) in [6.07, 6.45) is 1.71. The van der Waals surface area contributed by atoms with Crippen molar-refractivity contribution < 1.29 is 9.59 Å². The maximum atomic E-state index is 13.1. The van der Waals surface area contributed by atoms with E-state index < -0.39 is 5.92 Å². The number of carbonyl (C=O) groups excluding carboxylic acids is 2. The molecule has 2 aliphatic heterocycles. The minimum absolute atomic E-state index is 0.00524. The Labute approximate surface area is 156 Å². The number of nitrogens with zero attached hydrogens (tertiary/aromatic N) is 3. The number of piperidine rings is 1. The van der Waals surface area contributed by atoms with Crippen LogP contribution >= 0.6 is 0 Å². The number of H-pyrrole nitrogens is 1. The molecule has 0 saturated carbocycles. The van der Waals surface area contributed by atoms with Gasteiger partial charge >= 0.3 is 5.69 Å². The van der Waals surface area contributed by atoms with Gasteiger partial charge in [0.05, 0.1) is 5.92 Å². The number of rotatable bonds is 3. The standard InChI is InChI=1S/C19H23N5O3/c1-2-24-17(21-22-19(24)27)12-7-9-23(10-8-12)18(26)14-11-16(25)20-15-6-4-3-5-13(14)15/h3-6,12,14H,2,7-11H2,1H3,(H,20,25)(H,22,27). The van der Waals surface area contributed by atoms with Crippen molar-refractivity contribution in [2.75, 3.05) is 18.4 Å². The molecule has 0 radical (unpaired) electrons. The van der Waals surface area contributed by atoms with Gasteiger partial charge in [-0.3, -0.25) is 14.2 Å². The van der Waals surface area contributed by atoms with E-state index in [1.807, 2.05) is 36.1 Å². The largest absolute Gasteiger partial charge is 0.343 e. The minimum atomic E-state index is -0.425. The Bertz CT molecular complexity index is 923. The third-order valence-corrected chi connectivity index (χ3v) is 5.57. The fourth-order valence-electron chi connectivity index (χ4n) is 4.16. The zero-order valence-electron chi connectivity index (χ0n) is 15.3. The smallest absolute Gasteiger partial charge is 0.342 e. The molecular weight excluding hydrogens is 346 g/mol. The van der Waals surface area contributed by atoms with Crippen molar-refractivity contribution in [2.45, 2.75) is 44.6 Å². The van der Waals surface area contributed by atoms with Gasteiger partial charge in [-0.1, -0.05) is 18.2 Å². The van der Waals surface area contributed by atoms with Gasteiger partial charge in [-0.15, -0.1) is 0 Å². The number of nitrogens with one attached hydrogen (secondary N) is 2. The maximum Gasteiger partial charge on any atom is 0.343 e. The summed E-state index contributed by atoms with van der Waals surface area (Å²) < 4.78 is 1.66. The topological polar surface area (TPSA) is 100 Å². The molecular formula is C19H23N5O3. The van der Waals surface area contributed by atoms with E-state index >= 15 is 0 Å². The number of aromatic nitrogens is 3. The first kappa shape index (κ1) is 17.5. The van der Waals surface area contributed by atoms with Crippen LogP contribution in [0.1, 0.15) is 49.4 Å². The maximum absolute atomic E-state index is 13.1. The van der Waals surface area contributed by atoms with E-state index in [1.165, 1.54) is 0 Å². The van der Waals surface area contributed by atoms with Gasteiger partial charge in [-0.05, 0) is 31.4 Å². The van der Waals surface area contributed by atoms with Crippen molar-refractivity contribution in [3.63, 3.8) is 0 Å². The quantitative estimate of drug-likeness (QED) is 0.855. The van der Waals surface area contributed by atoms with Gasteiger partial charge in [-0.2, -0.15) is 5.10 Å². The van der Waals surface area contributed by atoms with E-state index in [0.29, 0.717) is 19.6 Å². The molecule has 27 heavy (non-hydrogen) atoms. The molecule has 8 nitrogen and oxygen atoms in total. The molecule has 2 aliphatic rings. The zero-order chi connectivity index (χ0) is 19.0. The van der Waals surface area contributed by atoms with Crippen LogP contribution in [0.5, 0.6) is 0 Å².